The van der Waals surface area contributed by atoms with E-state index < -0.39 is 11.9 Å². The maximum Gasteiger partial charge on any atom is 0.311 e. The number of halogens is 1. The summed E-state index contributed by atoms with van der Waals surface area (Å²) in [6.07, 6.45) is 2.18. The largest absolute Gasteiger partial charge is 0.481 e. The summed E-state index contributed by atoms with van der Waals surface area (Å²) in [5.41, 5.74) is 0.723. The van der Waals surface area contributed by atoms with Crippen LogP contribution in [0, 0.1) is 6.92 Å². The highest BCUT2D eigenvalue weighted by molar-refractivity contribution is 7.11. The van der Waals surface area contributed by atoms with Crippen molar-refractivity contribution >= 4 is 28.9 Å². The lowest BCUT2D eigenvalue weighted by molar-refractivity contribution is -0.138. The average molecular weight is 282 g/mol. The first-order chi connectivity index (χ1) is 8.56. The van der Waals surface area contributed by atoms with Crippen LogP contribution in [0.5, 0.6) is 0 Å². The number of carbonyl (C=O) groups is 1. The molecule has 18 heavy (non-hydrogen) atoms. The summed E-state index contributed by atoms with van der Waals surface area (Å²) in [5, 5.41) is 10.8. The normalized spacial score (nSPS) is 12.3. The smallest absolute Gasteiger partial charge is 0.311 e. The molecule has 1 N–H and O–H groups in total. The fourth-order valence-corrected chi connectivity index (χ4v) is 2.81. The van der Waals surface area contributed by atoms with Gasteiger partial charge in [0.05, 0.1) is 10.9 Å². The van der Waals surface area contributed by atoms with E-state index >= 15 is 0 Å². The summed E-state index contributed by atoms with van der Waals surface area (Å²) in [7, 11) is 0. The van der Waals surface area contributed by atoms with Crippen molar-refractivity contribution < 1.29 is 9.90 Å². The number of aryl methyl sites for hydroxylation is 1. The molecule has 1 unspecified atom stereocenters. The molecule has 0 aliphatic carbocycles. The van der Waals surface area contributed by atoms with Crippen LogP contribution in [0.25, 0.3) is 0 Å². The lowest BCUT2D eigenvalue weighted by Crippen LogP contribution is -2.13. The zero-order valence-corrected chi connectivity index (χ0v) is 11.3. The van der Waals surface area contributed by atoms with Crippen LogP contribution in [0.1, 0.15) is 21.4 Å². The number of rotatable bonds is 4. The Morgan fingerprint density at radius 2 is 2.33 bits per heavy atom. The van der Waals surface area contributed by atoms with Gasteiger partial charge in [-0.2, -0.15) is 0 Å². The van der Waals surface area contributed by atoms with E-state index in [1.54, 1.807) is 30.5 Å². The Kier molecular flexibility index (Phi) is 3.99. The molecule has 3 nitrogen and oxygen atoms in total. The van der Waals surface area contributed by atoms with Gasteiger partial charge in [0.1, 0.15) is 0 Å². The summed E-state index contributed by atoms with van der Waals surface area (Å²) in [4.78, 5) is 16.5. The maximum atomic E-state index is 11.4. The Bertz CT molecular complexity index is 568. The highest BCUT2D eigenvalue weighted by Gasteiger charge is 2.21. The Hall–Kier alpha value is -1.39. The second-order valence-electron chi connectivity index (χ2n) is 4.00. The summed E-state index contributed by atoms with van der Waals surface area (Å²) in [5.74, 6) is -1.42. The van der Waals surface area contributed by atoms with E-state index in [0.29, 0.717) is 11.4 Å². The molecular weight excluding hydrogens is 270 g/mol. The van der Waals surface area contributed by atoms with Crippen molar-refractivity contribution in [2.75, 3.05) is 0 Å². The molecule has 0 spiro atoms. The van der Waals surface area contributed by atoms with Gasteiger partial charge in [-0.25, -0.2) is 4.98 Å². The molecule has 5 heteroatoms. The van der Waals surface area contributed by atoms with Gasteiger partial charge in [0.2, 0.25) is 0 Å². The molecule has 0 radical (unpaired) electrons. The number of carboxylic acid groups (broad SMARTS) is 1. The van der Waals surface area contributed by atoms with Crippen molar-refractivity contribution in [3.8, 4) is 0 Å². The molecule has 0 amide bonds. The van der Waals surface area contributed by atoms with E-state index in [-0.39, 0.29) is 0 Å². The van der Waals surface area contributed by atoms with Crippen LogP contribution >= 0.6 is 22.9 Å². The van der Waals surface area contributed by atoms with Crippen LogP contribution in [0.2, 0.25) is 5.02 Å². The Labute approximate surface area is 114 Å². The molecule has 1 atom stereocenters. The second-order valence-corrected chi connectivity index (χ2v) is 5.75. The number of carboxylic acids is 1. The fraction of sp³-hybridized carbons (Fsp3) is 0.231. The van der Waals surface area contributed by atoms with Crippen molar-refractivity contribution in [2.24, 2.45) is 0 Å². The Morgan fingerprint density at radius 3 is 2.89 bits per heavy atom. The summed E-state index contributed by atoms with van der Waals surface area (Å²) in [6.45, 7) is 1.91. The summed E-state index contributed by atoms with van der Waals surface area (Å²) in [6, 6.07) is 7.00. The summed E-state index contributed by atoms with van der Waals surface area (Å²) >= 11 is 7.42. The molecule has 2 rings (SSSR count). The first-order valence-corrected chi connectivity index (χ1v) is 6.65. The van der Waals surface area contributed by atoms with Crippen LogP contribution in [0.15, 0.2) is 30.5 Å². The zero-order chi connectivity index (χ0) is 13.1. The number of nitrogens with zero attached hydrogens (tertiary/aromatic N) is 1. The van der Waals surface area contributed by atoms with Crippen molar-refractivity contribution in [3.63, 3.8) is 0 Å². The quantitative estimate of drug-likeness (QED) is 0.933. The molecule has 0 saturated heterocycles. The van der Waals surface area contributed by atoms with E-state index in [0.717, 1.165) is 15.4 Å². The molecule has 1 aromatic heterocycles. The zero-order valence-electron chi connectivity index (χ0n) is 9.76. The molecule has 94 valence electrons. The predicted molar refractivity (Wildman–Crippen MR) is 72.4 cm³/mol. The van der Waals surface area contributed by atoms with E-state index in [1.165, 1.54) is 11.3 Å². The minimum absolute atomic E-state index is 0.446. The monoisotopic (exact) mass is 281 g/mol. The van der Waals surface area contributed by atoms with Gasteiger partial charge in [-0.3, -0.25) is 4.79 Å². The highest BCUT2D eigenvalue weighted by atomic mass is 35.5. The average Bonchev–Trinajstić information content (AvgIpc) is 2.71. The predicted octanol–water partition coefficient (Wildman–Crippen LogP) is 3.52. The van der Waals surface area contributed by atoms with E-state index in [9.17, 15) is 9.90 Å². The standard InChI is InChI=1S/C13H12ClNO2S/c1-8-15-7-11(18-8)6-12(13(16)17)9-3-2-4-10(14)5-9/h2-5,7,12H,6H2,1H3,(H,16,17). The van der Waals surface area contributed by atoms with Gasteiger partial charge in [-0.1, -0.05) is 23.7 Å². The molecule has 0 saturated carbocycles. The molecule has 1 heterocycles. The topological polar surface area (TPSA) is 50.2 Å². The van der Waals surface area contributed by atoms with E-state index in [4.69, 9.17) is 11.6 Å². The number of thiazole rings is 1. The SMILES string of the molecule is Cc1ncc(CC(C(=O)O)c2cccc(Cl)c2)s1. The third-order valence-corrected chi connectivity index (χ3v) is 3.79. The number of hydrogen-bond donors (Lipinski definition) is 1. The first kappa shape index (κ1) is 13.1. The van der Waals surface area contributed by atoms with Gasteiger partial charge in [0.25, 0.3) is 0 Å². The minimum atomic E-state index is -0.844. The minimum Gasteiger partial charge on any atom is -0.481 e. The van der Waals surface area contributed by atoms with Crippen LogP contribution in [0.4, 0.5) is 0 Å². The first-order valence-electron chi connectivity index (χ1n) is 5.46. The second kappa shape index (κ2) is 5.50. The van der Waals surface area contributed by atoms with Crippen LogP contribution in [0.3, 0.4) is 0 Å². The van der Waals surface area contributed by atoms with Gasteiger partial charge >= 0.3 is 5.97 Å². The Morgan fingerprint density at radius 1 is 1.56 bits per heavy atom. The van der Waals surface area contributed by atoms with Crippen LogP contribution in [-0.4, -0.2) is 16.1 Å². The van der Waals surface area contributed by atoms with Gasteiger partial charge in [0.15, 0.2) is 0 Å². The molecular formula is C13H12ClNO2S. The van der Waals surface area contributed by atoms with Crippen LogP contribution < -0.4 is 0 Å². The molecule has 1 aromatic carbocycles. The third-order valence-electron chi connectivity index (χ3n) is 2.62. The van der Waals surface area contributed by atoms with Gasteiger partial charge in [-0.15, -0.1) is 11.3 Å². The van der Waals surface area contributed by atoms with Crippen molar-refractivity contribution in [3.05, 3.63) is 50.9 Å². The lowest BCUT2D eigenvalue weighted by atomic mass is 9.95. The number of aliphatic carboxylic acids is 1. The maximum absolute atomic E-state index is 11.4. The van der Waals surface area contributed by atoms with Crippen molar-refractivity contribution in [1.82, 2.24) is 4.98 Å². The molecule has 0 fully saturated rings. The number of hydrogen-bond acceptors (Lipinski definition) is 3. The highest BCUT2D eigenvalue weighted by Crippen LogP contribution is 2.26. The molecule has 0 aliphatic rings. The third kappa shape index (κ3) is 3.09. The fourth-order valence-electron chi connectivity index (χ4n) is 1.77. The molecule has 0 bridgehead atoms. The van der Waals surface area contributed by atoms with E-state index in [2.05, 4.69) is 4.98 Å². The van der Waals surface area contributed by atoms with Gasteiger partial charge < -0.3 is 5.11 Å². The van der Waals surface area contributed by atoms with Crippen molar-refractivity contribution in [2.45, 2.75) is 19.3 Å². The van der Waals surface area contributed by atoms with Crippen molar-refractivity contribution in [1.29, 1.82) is 0 Å². The molecule has 0 aliphatic heterocycles. The van der Waals surface area contributed by atoms with Gasteiger partial charge in [0, 0.05) is 22.5 Å². The Balaban J connectivity index is 2.26. The van der Waals surface area contributed by atoms with Gasteiger partial charge in [-0.05, 0) is 24.6 Å². The number of benzene rings is 1. The summed E-state index contributed by atoms with van der Waals surface area (Å²) < 4.78 is 0. The molecule has 2 aromatic rings. The van der Waals surface area contributed by atoms with E-state index in [1.807, 2.05) is 6.92 Å². The number of aromatic nitrogens is 1. The lowest BCUT2D eigenvalue weighted by Gasteiger charge is -2.11. The van der Waals surface area contributed by atoms with Crippen LogP contribution in [-0.2, 0) is 11.2 Å².